The minimum atomic E-state index is -0.888. The Morgan fingerprint density at radius 2 is 2.04 bits per heavy atom. The number of rotatable bonds is 5. The van der Waals surface area contributed by atoms with Gasteiger partial charge in [0.25, 0.3) is 0 Å². The van der Waals surface area contributed by atoms with Gasteiger partial charge in [0.1, 0.15) is 11.4 Å². The summed E-state index contributed by atoms with van der Waals surface area (Å²) in [7, 11) is 3.61. The third-order valence-electron chi connectivity index (χ3n) is 4.97. The number of hydrogen-bond donors (Lipinski definition) is 1. The van der Waals surface area contributed by atoms with Crippen LogP contribution >= 0.6 is 0 Å². The Morgan fingerprint density at radius 3 is 2.65 bits per heavy atom. The molecular formula is C18H25N3O2. The minimum Gasteiger partial charge on any atom is -0.497 e. The topological polar surface area (TPSA) is 50.5 Å². The molecule has 2 heterocycles. The van der Waals surface area contributed by atoms with Crippen LogP contribution in [-0.4, -0.2) is 39.5 Å². The Morgan fingerprint density at radius 1 is 1.30 bits per heavy atom. The van der Waals surface area contributed by atoms with Crippen molar-refractivity contribution < 1.29 is 9.84 Å². The number of hydrogen-bond acceptors (Lipinski definition) is 4. The number of aliphatic hydroxyl groups is 1. The van der Waals surface area contributed by atoms with Crippen molar-refractivity contribution >= 4 is 0 Å². The maximum absolute atomic E-state index is 11.2. The molecule has 0 radical (unpaired) electrons. The molecule has 1 aromatic heterocycles. The van der Waals surface area contributed by atoms with Gasteiger partial charge in [0, 0.05) is 25.8 Å². The fourth-order valence-corrected chi connectivity index (χ4v) is 3.54. The molecule has 0 bridgehead atoms. The van der Waals surface area contributed by atoms with E-state index in [1.807, 2.05) is 55.2 Å². The van der Waals surface area contributed by atoms with E-state index in [0.717, 1.165) is 37.2 Å². The summed E-state index contributed by atoms with van der Waals surface area (Å²) < 4.78 is 7.11. The zero-order valence-electron chi connectivity index (χ0n) is 14.1. The monoisotopic (exact) mass is 315 g/mol. The van der Waals surface area contributed by atoms with Gasteiger partial charge in [0.2, 0.25) is 0 Å². The number of likely N-dealkylation sites (tertiary alicyclic amines) is 1. The lowest BCUT2D eigenvalue weighted by Gasteiger charge is -2.37. The maximum atomic E-state index is 11.2. The van der Waals surface area contributed by atoms with E-state index in [9.17, 15) is 5.11 Å². The molecule has 3 rings (SSSR count). The first-order valence-electron chi connectivity index (χ1n) is 8.10. The lowest BCUT2D eigenvalue weighted by molar-refractivity contribution is -0.0260. The molecule has 1 aliphatic rings. The van der Waals surface area contributed by atoms with E-state index in [4.69, 9.17) is 4.74 Å². The van der Waals surface area contributed by atoms with Crippen molar-refractivity contribution in [3.05, 3.63) is 47.8 Å². The Kier molecular flexibility index (Phi) is 4.41. The van der Waals surface area contributed by atoms with Crippen LogP contribution in [0.2, 0.25) is 0 Å². The van der Waals surface area contributed by atoms with Gasteiger partial charge in [-0.15, -0.1) is 0 Å². The molecule has 2 aromatic rings. The van der Waals surface area contributed by atoms with Gasteiger partial charge in [0.15, 0.2) is 0 Å². The van der Waals surface area contributed by atoms with E-state index in [0.29, 0.717) is 0 Å². The van der Waals surface area contributed by atoms with Gasteiger partial charge in [0.05, 0.1) is 12.8 Å². The first-order chi connectivity index (χ1) is 11.0. The average molecular weight is 315 g/mol. The van der Waals surface area contributed by atoms with Crippen LogP contribution in [0, 0.1) is 0 Å². The summed E-state index contributed by atoms with van der Waals surface area (Å²) in [4.78, 5) is 2.36. The molecule has 0 amide bonds. The third kappa shape index (κ3) is 3.12. The molecule has 5 heteroatoms. The van der Waals surface area contributed by atoms with E-state index in [1.165, 1.54) is 5.69 Å². The highest BCUT2D eigenvalue weighted by Gasteiger charge is 2.40. The SMILES string of the molecule is COc1ccc(C(C)(O)C2CCCN2Cc2ccnn2C)cc1. The predicted molar refractivity (Wildman–Crippen MR) is 89.2 cm³/mol. The number of aromatic nitrogens is 2. The van der Waals surface area contributed by atoms with Gasteiger partial charge in [-0.3, -0.25) is 9.58 Å². The molecule has 1 N–H and O–H groups in total. The number of benzene rings is 1. The lowest BCUT2D eigenvalue weighted by Crippen LogP contribution is -2.45. The normalized spacial score (nSPS) is 21.3. The number of nitrogens with zero attached hydrogens (tertiary/aromatic N) is 3. The van der Waals surface area contributed by atoms with Crippen LogP contribution in [0.4, 0.5) is 0 Å². The van der Waals surface area contributed by atoms with Crippen LogP contribution in [0.1, 0.15) is 31.0 Å². The summed E-state index contributed by atoms with van der Waals surface area (Å²) >= 11 is 0. The maximum Gasteiger partial charge on any atom is 0.118 e. The van der Waals surface area contributed by atoms with Gasteiger partial charge in [-0.1, -0.05) is 12.1 Å². The standard InChI is InChI=1S/C18H25N3O2/c1-18(22,14-6-8-16(23-3)9-7-14)17-5-4-12-21(17)13-15-10-11-19-20(15)2/h6-11,17,22H,4-5,12-13H2,1-3H3. The molecule has 0 spiro atoms. The summed E-state index contributed by atoms with van der Waals surface area (Å²) in [6.07, 6.45) is 3.92. The van der Waals surface area contributed by atoms with Gasteiger partial charge >= 0.3 is 0 Å². The number of methoxy groups -OCH3 is 1. The Hall–Kier alpha value is -1.85. The highest BCUT2D eigenvalue weighted by atomic mass is 16.5. The fraction of sp³-hybridized carbons (Fsp3) is 0.500. The molecule has 2 atom stereocenters. The molecule has 1 fully saturated rings. The van der Waals surface area contributed by atoms with Crippen LogP contribution in [0.5, 0.6) is 5.75 Å². The molecule has 0 saturated carbocycles. The first kappa shape index (κ1) is 16.0. The van der Waals surface area contributed by atoms with Crippen LogP contribution in [0.25, 0.3) is 0 Å². The van der Waals surface area contributed by atoms with Crippen LogP contribution < -0.4 is 4.74 Å². The summed E-state index contributed by atoms with van der Waals surface area (Å²) in [5, 5.41) is 15.4. The Labute approximate surface area is 137 Å². The second-order valence-electron chi connectivity index (χ2n) is 6.45. The molecule has 1 aliphatic heterocycles. The van der Waals surface area contributed by atoms with Crippen molar-refractivity contribution in [2.45, 2.75) is 38.0 Å². The Bertz CT molecular complexity index is 649. The van der Waals surface area contributed by atoms with E-state index < -0.39 is 5.60 Å². The Balaban J connectivity index is 1.80. The second kappa shape index (κ2) is 6.34. The highest BCUT2D eigenvalue weighted by Crippen LogP contribution is 2.36. The average Bonchev–Trinajstić information content (AvgIpc) is 3.18. The van der Waals surface area contributed by atoms with Crippen molar-refractivity contribution in [2.75, 3.05) is 13.7 Å². The molecule has 1 aromatic carbocycles. The van der Waals surface area contributed by atoms with Gasteiger partial charge in [-0.05, 0) is 50.1 Å². The van der Waals surface area contributed by atoms with E-state index in [2.05, 4.69) is 10.00 Å². The van der Waals surface area contributed by atoms with Gasteiger partial charge < -0.3 is 9.84 Å². The van der Waals surface area contributed by atoms with Crippen LogP contribution in [-0.2, 0) is 19.2 Å². The van der Waals surface area contributed by atoms with Crippen LogP contribution in [0.15, 0.2) is 36.5 Å². The fourth-order valence-electron chi connectivity index (χ4n) is 3.54. The molecule has 0 aliphatic carbocycles. The third-order valence-corrected chi connectivity index (χ3v) is 4.97. The quantitative estimate of drug-likeness (QED) is 0.920. The summed E-state index contributed by atoms with van der Waals surface area (Å²) in [6.45, 7) is 3.73. The molecule has 5 nitrogen and oxygen atoms in total. The number of aryl methyl sites for hydroxylation is 1. The summed E-state index contributed by atoms with van der Waals surface area (Å²) in [5.41, 5.74) is 1.21. The van der Waals surface area contributed by atoms with E-state index in [-0.39, 0.29) is 6.04 Å². The molecule has 124 valence electrons. The lowest BCUT2D eigenvalue weighted by atomic mass is 9.86. The predicted octanol–water partition coefficient (Wildman–Crippen LogP) is 2.30. The first-order valence-corrected chi connectivity index (χ1v) is 8.10. The summed E-state index contributed by atoms with van der Waals surface area (Å²) in [6, 6.07) is 9.87. The zero-order chi connectivity index (χ0) is 16.4. The molecule has 23 heavy (non-hydrogen) atoms. The van der Waals surface area contributed by atoms with Crippen molar-refractivity contribution in [3.63, 3.8) is 0 Å². The van der Waals surface area contributed by atoms with Gasteiger partial charge in [-0.25, -0.2) is 0 Å². The number of ether oxygens (including phenoxy) is 1. The van der Waals surface area contributed by atoms with Gasteiger partial charge in [-0.2, -0.15) is 5.10 Å². The molecular weight excluding hydrogens is 290 g/mol. The second-order valence-corrected chi connectivity index (χ2v) is 6.45. The highest BCUT2D eigenvalue weighted by molar-refractivity contribution is 5.31. The van der Waals surface area contributed by atoms with E-state index >= 15 is 0 Å². The molecule has 2 unspecified atom stereocenters. The van der Waals surface area contributed by atoms with Crippen molar-refractivity contribution in [1.82, 2.24) is 14.7 Å². The minimum absolute atomic E-state index is 0.103. The molecule has 1 saturated heterocycles. The van der Waals surface area contributed by atoms with E-state index in [1.54, 1.807) is 7.11 Å². The zero-order valence-corrected chi connectivity index (χ0v) is 14.1. The van der Waals surface area contributed by atoms with Crippen molar-refractivity contribution in [2.24, 2.45) is 7.05 Å². The largest absolute Gasteiger partial charge is 0.497 e. The smallest absolute Gasteiger partial charge is 0.118 e. The van der Waals surface area contributed by atoms with Crippen LogP contribution in [0.3, 0.4) is 0 Å². The van der Waals surface area contributed by atoms with Crippen molar-refractivity contribution in [3.8, 4) is 5.75 Å². The summed E-state index contributed by atoms with van der Waals surface area (Å²) in [5.74, 6) is 0.808. The van der Waals surface area contributed by atoms with Crippen molar-refractivity contribution in [1.29, 1.82) is 0 Å².